The molecule has 4 rings (SSSR count). The molecule has 1 saturated heterocycles. The fourth-order valence-corrected chi connectivity index (χ4v) is 3.69. The predicted molar refractivity (Wildman–Crippen MR) is 117 cm³/mol. The molecule has 2 aliphatic rings. The standard InChI is InChI=1S/C23H24F2N4O5/c24-16-6-5-15(11-17(16)25)27-21(30)12-26-22(31)13-28-7-9-29(10-8-28)23(32)20-14-33-18-3-1-2-4-19(18)34-20/h1-6,11,20H,7-10,12-14H2,(H,26,31)(H,27,30)/t20-/m0/s1. The Balaban J connectivity index is 1.17. The second-order valence-electron chi connectivity index (χ2n) is 7.92. The highest BCUT2D eigenvalue weighted by Gasteiger charge is 2.32. The van der Waals surface area contributed by atoms with Crippen LogP contribution in [0.25, 0.3) is 0 Å². The van der Waals surface area contributed by atoms with E-state index in [-0.39, 0.29) is 37.2 Å². The van der Waals surface area contributed by atoms with Crippen LogP contribution in [0.3, 0.4) is 0 Å². The summed E-state index contributed by atoms with van der Waals surface area (Å²) in [7, 11) is 0. The molecule has 0 aromatic heterocycles. The molecule has 0 saturated carbocycles. The molecule has 3 amide bonds. The van der Waals surface area contributed by atoms with E-state index in [1.54, 1.807) is 17.0 Å². The largest absolute Gasteiger partial charge is 0.485 e. The third kappa shape index (κ3) is 5.79. The van der Waals surface area contributed by atoms with Gasteiger partial charge in [-0.1, -0.05) is 12.1 Å². The molecule has 180 valence electrons. The highest BCUT2D eigenvalue weighted by molar-refractivity contribution is 5.94. The van der Waals surface area contributed by atoms with Crippen molar-refractivity contribution in [1.82, 2.24) is 15.1 Å². The summed E-state index contributed by atoms with van der Waals surface area (Å²) in [5, 5.41) is 4.88. The molecule has 1 fully saturated rings. The maximum absolute atomic E-state index is 13.2. The predicted octanol–water partition coefficient (Wildman–Crippen LogP) is 1.00. The zero-order valence-electron chi connectivity index (χ0n) is 18.3. The van der Waals surface area contributed by atoms with Gasteiger partial charge in [-0.2, -0.15) is 0 Å². The van der Waals surface area contributed by atoms with Gasteiger partial charge >= 0.3 is 0 Å². The first-order chi connectivity index (χ1) is 16.4. The van der Waals surface area contributed by atoms with Crippen LogP contribution in [0.4, 0.5) is 14.5 Å². The lowest BCUT2D eigenvalue weighted by Crippen LogP contribution is -2.55. The Hall–Kier alpha value is -3.73. The first-order valence-electron chi connectivity index (χ1n) is 10.8. The Labute approximate surface area is 194 Å². The molecule has 2 aromatic carbocycles. The molecular formula is C23H24F2N4O5. The van der Waals surface area contributed by atoms with Crippen molar-refractivity contribution in [1.29, 1.82) is 0 Å². The molecule has 11 heteroatoms. The van der Waals surface area contributed by atoms with Crippen LogP contribution in [0.1, 0.15) is 0 Å². The summed E-state index contributed by atoms with van der Waals surface area (Å²) in [6.07, 6.45) is -0.710. The number of fused-ring (bicyclic) bond motifs is 1. The van der Waals surface area contributed by atoms with Crippen molar-refractivity contribution in [3.05, 3.63) is 54.1 Å². The van der Waals surface area contributed by atoms with Crippen molar-refractivity contribution in [3.63, 3.8) is 0 Å². The Morgan fingerprint density at radius 1 is 0.941 bits per heavy atom. The van der Waals surface area contributed by atoms with E-state index in [1.807, 2.05) is 17.0 Å². The van der Waals surface area contributed by atoms with Crippen LogP contribution in [-0.2, 0) is 14.4 Å². The summed E-state index contributed by atoms with van der Waals surface area (Å²) in [4.78, 5) is 40.5. The first kappa shape index (κ1) is 23.4. The van der Waals surface area contributed by atoms with Gasteiger partial charge in [0.2, 0.25) is 17.9 Å². The Morgan fingerprint density at radius 3 is 2.41 bits per heavy atom. The van der Waals surface area contributed by atoms with Gasteiger partial charge in [0, 0.05) is 37.9 Å². The number of piperazine rings is 1. The monoisotopic (exact) mass is 474 g/mol. The molecule has 0 unspecified atom stereocenters. The molecule has 0 bridgehead atoms. The maximum atomic E-state index is 13.2. The van der Waals surface area contributed by atoms with Gasteiger partial charge in [-0.25, -0.2) is 8.78 Å². The van der Waals surface area contributed by atoms with Crippen molar-refractivity contribution >= 4 is 23.4 Å². The highest BCUT2D eigenvalue weighted by atomic mass is 19.2. The van der Waals surface area contributed by atoms with Gasteiger partial charge in [-0.05, 0) is 24.3 Å². The SMILES string of the molecule is O=C(CN1CCN(C(=O)[C@@H]2COc3ccccc3O2)CC1)NCC(=O)Nc1ccc(F)c(F)c1. The smallest absolute Gasteiger partial charge is 0.267 e. The Bertz CT molecular complexity index is 1080. The lowest BCUT2D eigenvalue weighted by Gasteiger charge is -2.36. The van der Waals surface area contributed by atoms with Gasteiger partial charge < -0.3 is 25.0 Å². The van der Waals surface area contributed by atoms with Gasteiger partial charge in [0.25, 0.3) is 5.91 Å². The van der Waals surface area contributed by atoms with Crippen LogP contribution >= 0.6 is 0 Å². The number of amides is 3. The van der Waals surface area contributed by atoms with Crippen LogP contribution in [0.5, 0.6) is 11.5 Å². The van der Waals surface area contributed by atoms with Crippen molar-refractivity contribution in [2.45, 2.75) is 6.10 Å². The second-order valence-corrected chi connectivity index (χ2v) is 7.92. The number of benzene rings is 2. The van der Waals surface area contributed by atoms with E-state index in [0.717, 1.165) is 12.1 Å². The number of anilines is 1. The third-order valence-electron chi connectivity index (χ3n) is 5.48. The van der Waals surface area contributed by atoms with Crippen molar-refractivity contribution in [3.8, 4) is 11.5 Å². The second kappa shape index (κ2) is 10.5. The Morgan fingerprint density at radius 2 is 1.68 bits per heavy atom. The van der Waals surface area contributed by atoms with Crippen LogP contribution in [0.2, 0.25) is 0 Å². The normalized spacial score (nSPS) is 17.7. The highest BCUT2D eigenvalue weighted by Crippen LogP contribution is 2.31. The van der Waals surface area contributed by atoms with E-state index in [2.05, 4.69) is 10.6 Å². The van der Waals surface area contributed by atoms with Gasteiger partial charge in [0.1, 0.15) is 6.61 Å². The fourth-order valence-electron chi connectivity index (χ4n) is 3.69. The molecule has 0 aliphatic carbocycles. The molecule has 0 radical (unpaired) electrons. The van der Waals surface area contributed by atoms with Gasteiger partial charge in [-0.3, -0.25) is 19.3 Å². The van der Waals surface area contributed by atoms with Crippen LogP contribution < -0.4 is 20.1 Å². The number of para-hydroxylation sites is 2. The third-order valence-corrected chi connectivity index (χ3v) is 5.48. The molecular weight excluding hydrogens is 450 g/mol. The van der Waals surface area contributed by atoms with E-state index in [0.29, 0.717) is 37.7 Å². The summed E-state index contributed by atoms with van der Waals surface area (Å²) in [6, 6.07) is 10.2. The zero-order chi connectivity index (χ0) is 24.1. The van der Waals surface area contributed by atoms with Gasteiger partial charge in [0.15, 0.2) is 23.1 Å². The molecule has 9 nitrogen and oxygen atoms in total. The first-order valence-corrected chi connectivity index (χ1v) is 10.8. The number of ether oxygens (including phenoxy) is 2. The lowest BCUT2D eigenvalue weighted by molar-refractivity contribution is -0.143. The van der Waals surface area contributed by atoms with E-state index >= 15 is 0 Å². The molecule has 2 aliphatic heterocycles. The van der Waals surface area contributed by atoms with Gasteiger partial charge in [-0.15, -0.1) is 0 Å². The average molecular weight is 474 g/mol. The minimum absolute atomic E-state index is 0.0664. The summed E-state index contributed by atoms with van der Waals surface area (Å²) < 4.78 is 37.5. The van der Waals surface area contributed by atoms with E-state index in [9.17, 15) is 23.2 Å². The van der Waals surface area contributed by atoms with E-state index < -0.39 is 23.6 Å². The number of nitrogens with zero attached hydrogens (tertiary/aromatic N) is 2. The lowest BCUT2D eigenvalue weighted by atomic mass is 10.2. The van der Waals surface area contributed by atoms with Gasteiger partial charge in [0.05, 0.1) is 13.1 Å². The number of rotatable bonds is 6. The topological polar surface area (TPSA) is 100 Å². The summed E-state index contributed by atoms with van der Waals surface area (Å²) in [5.41, 5.74) is 0.0924. The van der Waals surface area contributed by atoms with E-state index in [1.165, 1.54) is 6.07 Å². The summed E-state index contributed by atoms with van der Waals surface area (Å²) >= 11 is 0. The molecule has 2 N–H and O–H groups in total. The minimum atomic E-state index is -1.08. The minimum Gasteiger partial charge on any atom is -0.485 e. The quantitative estimate of drug-likeness (QED) is 0.648. The molecule has 34 heavy (non-hydrogen) atoms. The van der Waals surface area contributed by atoms with Crippen LogP contribution in [0, 0.1) is 11.6 Å². The fraction of sp³-hybridized carbons (Fsp3) is 0.348. The van der Waals surface area contributed by atoms with Crippen LogP contribution in [-0.4, -0.2) is 79.5 Å². The number of carbonyl (C=O) groups is 3. The molecule has 1 atom stereocenters. The van der Waals surface area contributed by atoms with Crippen molar-refractivity contribution < 1.29 is 32.6 Å². The average Bonchev–Trinajstić information content (AvgIpc) is 2.85. The molecule has 0 spiro atoms. The zero-order valence-corrected chi connectivity index (χ0v) is 18.3. The number of hydrogen-bond donors (Lipinski definition) is 2. The van der Waals surface area contributed by atoms with Crippen molar-refractivity contribution in [2.24, 2.45) is 0 Å². The number of halogens is 2. The number of hydrogen-bond acceptors (Lipinski definition) is 6. The summed E-state index contributed by atoms with van der Waals surface area (Å²) in [5.74, 6) is -2.03. The van der Waals surface area contributed by atoms with Crippen LogP contribution in [0.15, 0.2) is 42.5 Å². The molecule has 2 aromatic rings. The molecule has 2 heterocycles. The Kier molecular flexibility index (Phi) is 7.21. The number of carbonyl (C=O) groups excluding carboxylic acids is 3. The maximum Gasteiger partial charge on any atom is 0.267 e. The van der Waals surface area contributed by atoms with Crippen molar-refractivity contribution in [2.75, 3.05) is 51.2 Å². The number of nitrogens with one attached hydrogen (secondary N) is 2. The summed E-state index contributed by atoms with van der Waals surface area (Å²) in [6.45, 7) is 1.75. The van der Waals surface area contributed by atoms with E-state index in [4.69, 9.17) is 9.47 Å².